The molecule has 1 aliphatic heterocycles. The van der Waals surface area contributed by atoms with Crippen molar-refractivity contribution in [2.75, 3.05) is 10.2 Å². The number of anilines is 2. The first-order valence-corrected chi connectivity index (χ1v) is 7.91. The molecule has 1 aromatic heterocycles. The quantitative estimate of drug-likeness (QED) is 0.886. The topological polar surface area (TPSA) is 69.6 Å². The van der Waals surface area contributed by atoms with Crippen molar-refractivity contribution in [1.82, 2.24) is 0 Å². The summed E-state index contributed by atoms with van der Waals surface area (Å²) >= 11 is 1.45. The number of rotatable bonds is 2. The second kappa shape index (κ2) is 5.81. The second-order valence-corrected chi connectivity index (χ2v) is 6.26. The number of aliphatic carboxylic acids is 1. The summed E-state index contributed by atoms with van der Waals surface area (Å²) < 4.78 is 0. The Balaban J connectivity index is 1.95. The van der Waals surface area contributed by atoms with Gasteiger partial charge in [-0.05, 0) is 42.5 Å². The van der Waals surface area contributed by atoms with Crippen LogP contribution >= 0.6 is 11.3 Å². The highest BCUT2D eigenvalue weighted by Gasteiger charge is 2.36. The summed E-state index contributed by atoms with van der Waals surface area (Å²) in [5.74, 6) is -1.42. The van der Waals surface area contributed by atoms with Gasteiger partial charge in [-0.2, -0.15) is 0 Å². The van der Waals surface area contributed by atoms with Crippen LogP contribution in [0.3, 0.4) is 0 Å². The summed E-state index contributed by atoms with van der Waals surface area (Å²) in [6.07, 6.45) is 0.407. The zero-order valence-electron chi connectivity index (χ0n) is 12.0. The van der Waals surface area contributed by atoms with Crippen molar-refractivity contribution in [2.24, 2.45) is 0 Å². The molecule has 1 aliphatic rings. The van der Waals surface area contributed by atoms with Crippen LogP contribution in [-0.2, 0) is 4.79 Å². The van der Waals surface area contributed by atoms with Crippen molar-refractivity contribution < 1.29 is 14.7 Å². The van der Waals surface area contributed by atoms with Crippen molar-refractivity contribution in [3.63, 3.8) is 0 Å². The van der Waals surface area contributed by atoms with E-state index in [-0.39, 0.29) is 12.1 Å². The number of carboxylic acids is 1. The molecule has 2 aromatic rings. The summed E-state index contributed by atoms with van der Waals surface area (Å²) in [6, 6.07) is 10.5. The fourth-order valence-corrected chi connectivity index (χ4v) is 3.48. The van der Waals surface area contributed by atoms with Gasteiger partial charge in [0.1, 0.15) is 0 Å². The zero-order valence-corrected chi connectivity index (χ0v) is 12.8. The van der Waals surface area contributed by atoms with E-state index in [1.807, 2.05) is 30.5 Å². The molecule has 0 bridgehead atoms. The monoisotopic (exact) mass is 316 g/mol. The van der Waals surface area contributed by atoms with Crippen molar-refractivity contribution in [3.8, 4) is 0 Å². The molecule has 0 saturated heterocycles. The van der Waals surface area contributed by atoms with E-state index in [9.17, 15) is 14.7 Å². The molecule has 1 aromatic carbocycles. The fourth-order valence-electron chi connectivity index (χ4n) is 2.87. The maximum absolute atomic E-state index is 12.6. The Morgan fingerprint density at radius 3 is 2.73 bits per heavy atom. The third kappa shape index (κ3) is 2.57. The third-order valence-electron chi connectivity index (χ3n) is 3.86. The number of benzene rings is 1. The molecule has 2 unspecified atom stereocenters. The Bertz CT molecular complexity index is 699. The molecule has 3 rings (SSSR count). The predicted octanol–water partition coefficient (Wildman–Crippen LogP) is 3.75. The highest BCUT2D eigenvalue weighted by molar-refractivity contribution is 7.14. The lowest BCUT2D eigenvalue weighted by atomic mass is 9.86. The Kier molecular flexibility index (Phi) is 3.85. The van der Waals surface area contributed by atoms with E-state index < -0.39 is 11.9 Å². The van der Waals surface area contributed by atoms with Crippen molar-refractivity contribution in [2.45, 2.75) is 25.3 Å². The van der Waals surface area contributed by atoms with Crippen LogP contribution in [0, 0.1) is 0 Å². The number of fused-ring (bicyclic) bond motifs is 1. The van der Waals surface area contributed by atoms with Crippen LogP contribution < -0.4 is 10.2 Å². The van der Waals surface area contributed by atoms with E-state index in [1.165, 1.54) is 11.3 Å². The second-order valence-electron chi connectivity index (χ2n) is 5.31. The highest BCUT2D eigenvalue weighted by atomic mass is 32.1. The number of amides is 2. The molecular weight excluding hydrogens is 300 g/mol. The largest absolute Gasteiger partial charge is 0.481 e. The average Bonchev–Trinajstić information content (AvgIpc) is 2.98. The van der Waals surface area contributed by atoms with Crippen molar-refractivity contribution in [1.29, 1.82) is 0 Å². The Labute approximate surface area is 132 Å². The number of para-hydroxylation sites is 1. The predicted molar refractivity (Wildman–Crippen MR) is 86.7 cm³/mol. The first-order valence-electron chi connectivity index (χ1n) is 7.03. The average molecular weight is 316 g/mol. The van der Waals surface area contributed by atoms with Crippen LogP contribution in [0.5, 0.6) is 0 Å². The van der Waals surface area contributed by atoms with Crippen LogP contribution in [0.2, 0.25) is 0 Å². The van der Waals surface area contributed by atoms with Gasteiger partial charge in [0, 0.05) is 11.7 Å². The van der Waals surface area contributed by atoms with Gasteiger partial charge >= 0.3 is 12.0 Å². The molecule has 0 spiro atoms. The summed E-state index contributed by atoms with van der Waals surface area (Å²) in [6.45, 7) is 1.87. The Hall–Kier alpha value is -2.34. The lowest BCUT2D eigenvalue weighted by molar-refractivity contribution is -0.139. The molecule has 0 fully saturated rings. The minimum atomic E-state index is -0.849. The van der Waals surface area contributed by atoms with Gasteiger partial charge < -0.3 is 5.11 Å². The molecule has 0 radical (unpaired) electrons. The van der Waals surface area contributed by atoms with Crippen LogP contribution in [0.25, 0.3) is 0 Å². The van der Waals surface area contributed by atoms with Crippen molar-refractivity contribution >= 4 is 34.0 Å². The zero-order chi connectivity index (χ0) is 15.7. The number of nitrogens with one attached hydrogen (secondary N) is 1. The van der Waals surface area contributed by atoms with Gasteiger partial charge in [-0.1, -0.05) is 18.2 Å². The van der Waals surface area contributed by atoms with E-state index in [0.717, 1.165) is 5.00 Å². The molecule has 2 heterocycles. The summed E-state index contributed by atoms with van der Waals surface area (Å²) in [7, 11) is 0. The number of carboxylic acid groups (broad SMARTS) is 1. The number of thiophene rings is 1. The number of urea groups is 1. The first-order chi connectivity index (χ1) is 10.6. The highest BCUT2D eigenvalue weighted by Crippen LogP contribution is 2.38. The van der Waals surface area contributed by atoms with Crippen LogP contribution in [0.4, 0.5) is 15.5 Å². The van der Waals surface area contributed by atoms with Gasteiger partial charge in [0.2, 0.25) is 0 Å². The third-order valence-corrected chi connectivity index (χ3v) is 4.64. The van der Waals surface area contributed by atoms with Gasteiger partial charge in [-0.15, -0.1) is 11.3 Å². The lowest BCUT2D eigenvalue weighted by Gasteiger charge is -2.37. The minimum absolute atomic E-state index is 0.184. The Morgan fingerprint density at radius 1 is 1.27 bits per heavy atom. The molecule has 2 amide bonds. The summed E-state index contributed by atoms with van der Waals surface area (Å²) in [4.78, 5) is 25.7. The van der Waals surface area contributed by atoms with Gasteiger partial charge in [-0.25, -0.2) is 4.79 Å². The maximum Gasteiger partial charge on any atom is 0.327 e. The lowest BCUT2D eigenvalue weighted by Crippen LogP contribution is -2.46. The van der Waals surface area contributed by atoms with E-state index in [2.05, 4.69) is 5.32 Å². The standard InChI is InChI=1S/C16H16N2O3S/c1-10-9-12(15(19)20)11-5-2-3-6-13(11)18(10)16(21)17-14-7-4-8-22-14/h2-8,10,12H,9H2,1H3,(H,17,21)(H,19,20). The van der Waals surface area contributed by atoms with E-state index in [4.69, 9.17) is 0 Å². The smallest absolute Gasteiger partial charge is 0.327 e. The number of carbonyl (C=O) groups excluding carboxylic acids is 1. The van der Waals surface area contributed by atoms with Crippen LogP contribution in [-0.4, -0.2) is 23.1 Å². The fraction of sp³-hybridized carbons (Fsp3) is 0.250. The molecule has 2 atom stereocenters. The number of carbonyl (C=O) groups is 2. The van der Waals surface area contributed by atoms with E-state index >= 15 is 0 Å². The normalized spacial score (nSPS) is 20.3. The van der Waals surface area contributed by atoms with Gasteiger partial charge in [0.25, 0.3) is 0 Å². The number of hydrogen-bond donors (Lipinski definition) is 2. The number of hydrogen-bond acceptors (Lipinski definition) is 3. The van der Waals surface area contributed by atoms with Gasteiger partial charge in [0.15, 0.2) is 0 Å². The van der Waals surface area contributed by atoms with Crippen LogP contribution in [0.15, 0.2) is 41.8 Å². The van der Waals surface area contributed by atoms with E-state index in [0.29, 0.717) is 17.7 Å². The van der Waals surface area contributed by atoms with Gasteiger partial charge in [0.05, 0.1) is 10.9 Å². The Morgan fingerprint density at radius 2 is 2.05 bits per heavy atom. The molecule has 5 nitrogen and oxygen atoms in total. The van der Waals surface area contributed by atoms with E-state index in [1.54, 1.807) is 23.1 Å². The van der Waals surface area contributed by atoms with Crippen molar-refractivity contribution in [3.05, 3.63) is 47.3 Å². The molecule has 0 aliphatic carbocycles. The van der Waals surface area contributed by atoms with Crippen LogP contribution in [0.1, 0.15) is 24.8 Å². The number of nitrogens with zero attached hydrogens (tertiary/aromatic N) is 1. The SMILES string of the molecule is CC1CC(C(=O)O)c2ccccc2N1C(=O)Nc1cccs1. The molecule has 0 saturated carbocycles. The maximum atomic E-state index is 12.6. The first kappa shape index (κ1) is 14.6. The molecule has 22 heavy (non-hydrogen) atoms. The molecular formula is C16H16N2O3S. The molecule has 2 N–H and O–H groups in total. The summed E-state index contributed by atoms with van der Waals surface area (Å²) in [5, 5.41) is 14.9. The summed E-state index contributed by atoms with van der Waals surface area (Å²) in [5.41, 5.74) is 1.36. The minimum Gasteiger partial charge on any atom is -0.481 e. The molecule has 114 valence electrons. The van der Waals surface area contributed by atoms with Gasteiger partial charge in [-0.3, -0.25) is 15.0 Å². The molecule has 6 heteroatoms.